The zero-order chi connectivity index (χ0) is 20.1. The molecule has 0 saturated carbocycles. The molecule has 0 fully saturated rings. The highest BCUT2D eigenvalue weighted by Crippen LogP contribution is 2.24. The van der Waals surface area contributed by atoms with Crippen molar-refractivity contribution in [2.24, 2.45) is 5.10 Å². The van der Waals surface area contributed by atoms with E-state index >= 15 is 0 Å². The number of anilines is 1. The van der Waals surface area contributed by atoms with Crippen LogP contribution in [0.5, 0.6) is 0 Å². The first-order valence-corrected chi connectivity index (χ1v) is 8.80. The minimum Gasteiger partial charge on any atom is -0.272 e. The van der Waals surface area contributed by atoms with Gasteiger partial charge in [0.25, 0.3) is 5.69 Å². The second-order valence-corrected chi connectivity index (χ2v) is 6.09. The fourth-order valence-electron chi connectivity index (χ4n) is 2.83. The Morgan fingerprint density at radius 3 is 2.48 bits per heavy atom. The van der Waals surface area contributed by atoms with E-state index in [2.05, 4.69) is 20.6 Å². The number of rotatable bonds is 6. The highest BCUT2D eigenvalue weighted by atomic mass is 16.6. The van der Waals surface area contributed by atoms with E-state index in [0.717, 1.165) is 22.5 Å². The lowest BCUT2D eigenvalue weighted by Gasteiger charge is -2.01. The molecule has 29 heavy (non-hydrogen) atoms. The van der Waals surface area contributed by atoms with Crippen LogP contribution in [-0.4, -0.2) is 25.9 Å². The van der Waals surface area contributed by atoms with Crippen molar-refractivity contribution in [3.63, 3.8) is 0 Å². The van der Waals surface area contributed by atoms with Gasteiger partial charge in [-0.25, -0.2) is 4.68 Å². The summed E-state index contributed by atoms with van der Waals surface area (Å²) in [6, 6.07) is 19.8. The van der Waals surface area contributed by atoms with Gasteiger partial charge in [0.1, 0.15) is 11.4 Å². The van der Waals surface area contributed by atoms with Gasteiger partial charge in [0.15, 0.2) is 0 Å². The number of nitrogens with zero attached hydrogens (tertiary/aromatic N) is 5. The van der Waals surface area contributed by atoms with Gasteiger partial charge in [-0.2, -0.15) is 10.2 Å². The molecule has 0 unspecified atom stereocenters. The summed E-state index contributed by atoms with van der Waals surface area (Å²) in [6.07, 6.45) is 6.85. The van der Waals surface area contributed by atoms with Crippen LogP contribution in [0.15, 0.2) is 90.4 Å². The number of pyridine rings is 1. The predicted molar refractivity (Wildman–Crippen MR) is 111 cm³/mol. The van der Waals surface area contributed by atoms with Gasteiger partial charge >= 0.3 is 0 Å². The molecule has 2 heterocycles. The van der Waals surface area contributed by atoms with Gasteiger partial charge in [0.2, 0.25) is 0 Å². The highest BCUT2D eigenvalue weighted by Gasteiger charge is 2.13. The number of nitro groups is 1. The van der Waals surface area contributed by atoms with Gasteiger partial charge in [0, 0.05) is 35.8 Å². The quantitative estimate of drug-likeness (QED) is 0.304. The monoisotopic (exact) mass is 384 g/mol. The maximum Gasteiger partial charge on any atom is 0.294 e. The number of hydrogen-bond donors (Lipinski definition) is 1. The Labute approximate surface area is 166 Å². The van der Waals surface area contributed by atoms with Gasteiger partial charge in [0.05, 0.1) is 16.8 Å². The number of para-hydroxylation sites is 3. The van der Waals surface area contributed by atoms with E-state index in [-0.39, 0.29) is 5.69 Å². The van der Waals surface area contributed by atoms with Crippen LogP contribution in [0.4, 0.5) is 11.4 Å². The molecule has 0 aliphatic heterocycles. The maximum absolute atomic E-state index is 11.1. The fraction of sp³-hybridized carbons (Fsp3) is 0. The molecule has 0 amide bonds. The number of hydrazone groups is 1. The number of nitro benzene ring substituents is 1. The van der Waals surface area contributed by atoms with Gasteiger partial charge in [-0.1, -0.05) is 30.3 Å². The van der Waals surface area contributed by atoms with Crippen molar-refractivity contribution < 1.29 is 4.92 Å². The van der Waals surface area contributed by atoms with Crippen LogP contribution in [-0.2, 0) is 0 Å². The lowest BCUT2D eigenvalue weighted by molar-refractivity contribution is -0.384. The van der Waals surface area contributed by atoms with Gasteiger partial charge in [-0.3, -0.25) is 20.5 Å². The second-order valence-electron chi connectivity index (χ2n) is 6.09. The van der Waals surface area contributed by atoms with Crippen molar-refractivity contribution in [3.05, 3.63) is 101 Å². The third kappa shape index (κ3) is 4.01. The summed E-state index contributed by atoms with van der Waals surface area (Å²) in [4.78, 5) is 14.7. The molecule has 0 radical (unpaired) electrons. The Hall–Kier alpha value is -4.33. The highest BCUT2D eigenvalue weighted by molar-refractivity contribution is 5.89. The SMILES string of the molecule is O=[N+]([O-])c1ccccc1N/N=C\c1cn(-c2ccccc2)nc1-c1ccncc1. The zero-order valence-electron chi connectivity index (χ0n) is 15.2. The van der Waals surface area contributed by atoms with Gasteiger partial charge < -0.3 is 0 Å². The van der Waals surface area contributed by atoms with Crippen LogP contribution < -0.4 is 5.43 Å². The Balaban J connectivity index is 1.68. The molecule has 2 aromatic carbocycles. The molecule has 1 N–H and O–H groups in total. The first-order chi connectivity index (χ1) is 14.2. The first kappa shape index (κ1) is 18.1. The van der Waals surface area contributed by atoms with Crippen molar-refractivity contribution in [2.45, 2.75) is 0 Å². The number of aromatic nitrogens is 3. The average molecular weight is 384 g/mol. The second kappa shape index (κ2) is 8.13. The number of hydrogen-bond acceptors (Lipinski definition) is 6. The summed E-state index contributed by atoms with van der Waals surface area (Å²) in [5.74, 6) is 0. The van der Waals surface area contributed by atoms with Crippen LogP contribution in [0.25, 0.3) is 16.9 Å². The first-order valence-electron chi connectivity index (χ1n) is 8.80. The lowest BCUT2D eigenvalue weighted by atomic mass is 10.1. The van der Waals surface area contributed by atoms with E-state index in [1.165, 1.54) is 6.07 Å². The molecule has 0 spiro atoms. The zero-order valence-corrected chi connectivity index (χ0v) is 15.2. The van der Waals surface area contributed by atoms with Crippen molar-refractivity contribution >= 4 is 17.6 Å². The summed E-state index contributed by atoms with van der Waals surface area (Å²) in [5.41, 5.74) is 6.30. The molecule has 0 atom stereocenters. The van der Waals surface area contributed by atoms with Crippen LogP contribution in [0.3, 0.4) is 0 Å². The predicted octanol–water partition coefficient (Wildman–Crippen LogP) is 4.29. The summed E-state index contributed by atoms with van der Waals surface area (Å²) in [5, 5.41) is 20.0. The Kier molecular flexibility index (Phi) is 5.06. The van der Waals surface area contributed by atoms with Crippen molar-refractivity contribution in [3.8, 4) is 16.9 Å². The van der Waals surface area contributed by atoms with Crippen LogP contribution >= 0.6 is 0 Å². The number of benzene rings is 2. The summed E-state index contributed by atoms with van der Waals surface area (Å²) in [7, 11) is 0. The molecule has 2 aromatic heterocycles. The minimum atomic E-state index is -0.451. The van der Waals surface area contributed by atoms with Gasteiger partial charge in [-0.15, -0.1) is 0 Å². The molecule has 4 rings (SSSR count). The summed E-state index contributed by atoms with van der Waals surface area (Å²) < 4.78 is 1.77. The Bertz CT molecular complexity index is 1160. The number of nitrogens with one attached hydrogen (secondary N) is 1. The standard InChI is InChI=1S/C21H16N6O2/c28-27(29)20-9-5-4-8-19(20)24-23-14-17-15-26(18-6-2-1-3-7-18)25-21(17)16-10-12-22-13-11-16/h1-15,24H/b23-14-. The average Bonchev–Trinajstić information content (AvgIpc) is 3.19. The molecule has 0 aliphatic rings. The van der Waals surface area contributed by atoms with E-state index in [1.807, 2.05) is 48.7 Å². The van der Waals surface area contributed by atoms with Crippen molar-refractivity contribution in [2.75, 3.05) is 5.43 Å². The Morgan fingerprint density at radius 2 is 1.72 bits per heavy atom. The smallest absolute Gasteiger partial charge is 0.272 e. The molecule has 8 heteroatoms. The molecule has 4 aromatic rings. The molecule has 142 valence electrons. The fourth-order valence-corrected chi connectivity index (χ4v) is 2.83. The summed E-state index contributed by atoms with van der Waals surface area (Å²) in [6.45, 7) is 0. The van der Waals surface area contributed by atoms with E-state index in [4.69, 9.17) is 0 Å². The molecular formula is C21H16N6O2. The molecule has 0 saturated heterocycles. The molecule has 0 bridgehead atoms. The molecular weight excluding hydrogens is 368 g/mol. The van der Waals surface area contributed by atoms with E-state index < -0.39 is 4.92 Å². The van der Waals surface area contributed by atoms with E-state index in [1.54, 1.807) is 41.5 Å². The topological polar surface area (TPSA) is 98.2 Å². The minimum absolute atomic E-state index is 0.0426. The van der Waals surface area contributed by atoms with Crippen LogP contribution in [0.2, 0.25) is 0 Å². The normalized spacial score (nSPS) is 10.9. The van der Waals surface area contributed by atoms with Gasteiger partial charge in [-0.05, 0) is 30.3 Å². The van der Waals surface area contributed by atoms with E-state index in [0.29, 0.717) is 5.69 Å². The van der Waals surface area contributed by atoms with Crippen LogP contribution in [0.1, 0.15) is 5.56 Å². The Morgan fingerprint density at radius 1 is 1.00 bits per heavy atom. The largest absolute Gasteiger partial charge is 0.294 e. The third-order valence-electron chi connectivity index (χ3n) is 4.21. The van der Waals surface area contributed by atoms with Crippen LogP contribution in [0, 0.1) is 10.1 Å². The molecule has 8 nitrogen and oxygen atoms in total. The van der Waals surface area contributed by atoms with Crippen molar-refractivity contribution in [1.29, 1.82) is 0 Å². The lowest BCUT2D eigenvalue weighted by Crippen LogP contribution is -1.96. The third-order valence-corrected chi connectivity index (χ3v) is 4.21. The van der Waals surface area contributed by atoms with Crippen molar-refractivity contribution in [1.82, 2.24) is 14.8 Å². The summed E-state index contributed by atoms with van der Waals surface area (Å²) >= 11 is 0. The van der Waals surface area contributed by atoms with E-state index in [9.17, 15) is 10.1 Å². The molecule has 0 aliphatic carbocycles. The maximum atomic E-state index is 11.1.